The molecule has 1 aromatic rings. The molecule has 0 aliphatic carbocycles. The first-order valence-corrected chi connectivity index (χ1v) is 9.46. The summed E-state index contributed by atoms with van der Waals surface area (Å²) in [6.45, 7) is 5.05. The number of aliphatic imine (C=N–C) groups is 1. The van der Waals surface area contributed by atoms with Crippen molar-refractivity contribution in [3.05, 3.63) is 41.1 Å². The maximum absolute atomic E-state index is 11.7. The average Bonchev–Trinajstić information content (AvgIpc) is 3.12. The Morgan fingerprint density at radius 3 is 2.89 bits per heavy atom. The van der Waals surface area contributed by atoms with Crippen molar-refractivity contribution in [2.24, 2.45) is 4.99 Å². The molecule has 27 heavy (non-hydrogen) atoms. The average molecular weight is 393 g/mol. The largest absolute Gasteiger partial charge is 0.508 e. The molecule has 8 nitrogen and oxygen atoms in total. The number of hydrogen-bond donors (Lipinski definition) is 4. The fourth-order valence-electron chi connectivity index (χ4n) is 2.44. The molecular weight excluding hydrogens is 370 g/mol. The molecule has 0 amide bonds. The Hall–Kier alpha value is -2.68. The third-order valence-corrected chi connectivity index (χ3v) is 4.69. The maximum atomic E-state index is 11.7. The van der Waals surface area contributed by atoms with Gasteiger partial charge in [-0.05, 0) is 31.5 Å². The van der Waals surface area contributed by atoms with Crippen molar-refractivity contribution in [2.45, 2.75) is 25.6 Å². The van der Waals surface area contributed by atoms with Gasteiger partial charge in [0.1, 0.15) is 11.8 Å². The molecule has 1 aliphatic heterocycles. The molecule has 1 atom stereocenters. The number of phenols is 1. The van der Waals surface area contributed by atoms with Crippen LogP contribution in [0.15, 0.2) is 35.0 Å². The number of aliphatic carboxylic acids is 1. The Morgan fingerprint density at radius 1 is 1.48 bits per heavy atom. The third-order valence-electron chi connectivity index (χ3n) is 3.68. The first-order chi connectivity index (χ1) is 12.9. The van der Waals surface area contributed by atoms with Crippen LogP contribution in [-0.2, 0) is 20.1 Å². The Kier molecular flexibility index (Phi) is 7.54. The number of hydrogen-bond acceptors (Lipinski definition) is 8. The summed E-state index contributed by atoms with van der Waals surface area (Å²) in [5, 5.41) is 26.4. The smallest absolute Gasteiger partial charge is 0.332 e. The van der Waals surface area contributed by atoms with Crippen molar-refractivity contribution in [3.63, 3.8) is 0 Å². The SMILES string of the molecule is CCOC(=O)C=C(C)NC(C(=O)O)c1ccc(O)c(CSC2=NCCN2)c1. The Balaban J connectivity index is 2.15. The number of aromatic hydroxyl groups is 1. The van der Waals surface area contributed by atoms with Crippen LogP contribution in [0.3, 0.4) is 0 Å². The number of carbonyl (C=O) groups is 2. The van der Waals surface area contributed by atoms with E-state index in [0.29, 0.717) is 22.6 Å². The zero-order valence-corrected chi connectivity index (χ0v) is 16.0. The molecule has 1 aromatic carbocycles. The molecule has 9 heteroatoms. The second-order valence-corrected chi connectivity index (χ2v) is 6.75. The van der Waals surface area contributed by atoms with Gasteiger partial charge < -0.3 is 25.6 Å². The van der Waals surface area contributed by atoms with Crippen LogP contribution < -0.4 is 10.6 Å². The molecule has 0 saturated heterocycles. The lowest BCUT2D eigenvalue weighted by Crippen LogP contribution is -2.27. The Labute approximate surface area is 161 Å². The molecule has 2 rings (SSSR count). The van der Waals surface area contributed by atoms with E-state index >= 15 is 0 Å². The van der Waals surface area contributed by atoms with Crippen LogP contribution >= 0.6 is 11.8 Å². The molecule has 1 unspecified atom stereocenters. The van der Waals surface area contributed by atoms with Gasteiger partial charge in [-0.1, -0.05) is 17.8 Å². The van der Waals surface area contributed by atoms with Crippen LogP contribution in [0.1, 0.15) is 31.0 Å². The van der Waals surface area contributed by atoms with E-state index in [4.69, 9.17) is 4.74 Å². The number of benzene rings is 1. The van der Waals surface area contributed by atoms with Gasteiger partial charge in [-0.2, -0.15) is 0 Å². The highest BCUT2D eigenvalue weighted by Crippen LogP contribution is 2.27. The first kappa shape index (κ1) is 20.6. The number of esters is 1. The quantitative estimate of drug-likeness (QED) is 0.390. The number of allylic oxidation sites excluding steroid dienone is 1. The van der Waals surface area contributed by atoms with E-state index in [0.717, 1.165) is 18.3 Å². The first-order valence-electron chi connectivity index (χ1n) is 8.48. The molecule has 0 bridgehead atoms. The third kappa shape index (κ3) is 6.21. The normalized spacial score (nSPS) is 14.9. The van der Waals surface area contributed by atoms with E-state index in [1.165, 1.54) is 30.0 Å². The van der Waals surface area contributed by atoms with Gasteiger partial charge in [0, 0.05) is 29.6 Å². The van der Waals surface area contributed by atoms with Gasteiger partial charge in [-0.25, -0.2) is 9.59 Å². The van der Waals surface area contributed by atoms with E-state index in [1.54, 1.807) is 19.9 Å². The van der Waals surface area contributed by atoms with Crippen molar-refractivity contribution in [2.75, 3.05) is 19.7 Å². The topological polar surface area (TPSA) is 120 Å². The molecule has 1 aliphatic rings. The van der Waals surface area contributed by atoms with E-state index in [2.05, 4.69) is 15.6 Å². The zero-order chi connectivity index (χ0) is 19.8. The van der Waals surface area contributed by atoms with Gasteiger partial charge in [0.25, 0.3) is 0 Å². The van der Waals surface area contributed by atoms with Gasteiger partial charge in [0.05, 0.1) is 13.2 Å². The van der Waals surface area contributed by atoms with Gasteiger partial charge >= 0.3 is 11.9 Å². The van der Waals surface area contributed by atoms with Crippen molar-refractivity contribution in [1.82, 2.24) is 10.6 Å². The lowest BCUT2D eigenvalue weighted by atomic mass is 10.0. The fourth-order valence-corrected chi connectivity index (χ4v) is 3.35. The number of rotatable bonds is 8. The highest BCUT2D eigenvalue weighted by Gasteiger charge is 2.21. The van der Waals surface area contributed by atoms with E-state index in [1.807, 2.05) is 0 Å². The minimum Gasteiger partial charge on any atom is -0.508 e. The summed E-state index contributed by atoms with van der Waals surface area (Å²) in [5.74, 6) is -1.10. The lowest BCUT2D eigenvalue weighted by Gasteiger charge is -2.18. The van der Waals surface area contributed by atoms with E-state index in [9.17, 15) is 19.8 Å². The Bertz CT molecular complexity index is 763. The van der Waals surface area contributed by atoms with Gasteiger partial charge in [-0.3, -0.25) is 4.99 Å². The standard InChI is InChI=1S/C18H23N3O5S/c1-3-26-15(23)8-11(2)21-16(17(24)25)12-4-5-14(22)13(9-12)10-27-18-19-6-7-20-18/h4-5,8-9,16,21-22H,3,6-7,10H2,1-2H3,(H,19,20)(H,24,25). The van der Waals surface area contributed by atoms with Gasteiger partial charge in [0.2, 0.25) is 0 Å². The second-order valence-electron chi connectivity index (χ2n) is 5.79. The summed E-state index contributed by atoms with van der Waals surface area (Å²) in [5.41, 5.74) is 1.44. The van der Waals surface area contributed by atoms with Crippen molar-refractivity contribution in [3.8, 4) is 5.75 Å². The fraction of sp³-hybridized carbons (Fsp3) is 0.389. The predicted molar refractivity (Wildman–Crippen MR) is 104 cm³/mol. The summed E-state index contributed by atoms with van der Waals surface area (Å²) in [4.78, 5) is 27.5. The molecule has 0 saturated carbocycles. The van der Waals surface area contributed by atoms with Crippen LogP contribution in [0.25, 0.3) is 0 Å². The number of nitrogens with one attached hydrogen (secondary N) is 2. The molecular formula is C18H23N3O5S. The van der Waals surface area contributed by atoms with Gasteiger partial charge in [-0.15, -0.1) is 0 Å². The number of thioether (sulfide) groups is 1. The number of carbonyl (C=O) groups excluding carboxylic acids is 1. The number of amidine groups is 1. The number of carboxylic acid groups (broad SMARTS) is 1. The minimum atomic E-state index is -1.10. The highest BCUT2D eigenvalue weighted by atomic mass is 32.2. The minimum absolute atomic E-state index is 0.0905. The summed E-state index contributed by atoms with van der Waals surface area (Å²) in [6.07, 6.45) is 1.21. The zero-order valence-electron chi connectivity index (χ0n) is 15.2. The van der Waals surface area contributed by atoms with Crippen LogP contribution in [0.2, 0.25) is 0 Å². The van der Waals surface area contributed by atoms with E-state index in [-0.39, 0.29) is 12.4 Å². The lowest BCUT2D eigenvalue weighted by molar-refractivity contribution is -0.140. The van der Waals surface area contributed by atoms with Crippen LogP contribution in [0.5, 0.6) is 5.75 Å². The molecule has 0 fully saturated rings. The molecule has 4 N–H and O–H groups in total. The Morgan fingerprint density at radius 2 is 2.26 bits per heavy atom. The van der Waals surface area contributed by atoms with Gasteiger partial charge in [0.15, 0.2) is 5.17 Å². The summed E-state index contributed by atoms with van der Waals surface area (Å²) in [6, 6.07) is 3.58. The predicted octanol–water partition coefficient (Wildman–Crippen LogP) is 1.77. The summed E-state index contributed by atoms with van der Waals surface area (Å²) >= 11 is 1.45. The second kappa shape index (κ2) is 9.86. The van der Waals surface area contributed by atoms with E-state index < -0.39 is 18.0 Å². The summed E-state index contributed by atoms with van der Waals surface area (Å²) < 4.78 is 4.82. The molecule has 146 valence electrons. The van der Waals surface area contributed by atoms with Crippen LogP contribution in [-0.4, -0.2) is 47.0 Å². The monoisotopic (exact) mass is 393 g/mol. The van der Waals surface area contributed by atoms with Crippen LogP contribution in [0, 0.1) is 0 Å². The van der Waals surface area contributed by atoms with Crippen molar-refractivity contribution >= 4 is 28.9 Å². The molecule has 0 aromatic heterocycles. The molecule has 1 heterocycles. The number of phenolic OH excluding ortho intramolecular Hbond substituents is 1. The number of ether oxygens (including phenoxy) is 1. The number of nitrogens with zero attached hydrogens (tertiary/aromatic N) is 1. The maximum Gasteiger partial charge on any atom is 0.332 e. The van der Waals surface area contributed by atoms with Crippen molar-refractivity contribution in [1.29, 1.82) is 0 Å². The van der Waals surface area contributed by atoms with Crippen LogP contribution in [0.4, 0.5) is 0 Å². The molecule has 0 spiro atoms. The number of carboxylic acids is 1. The summed E-state index contributed by atoms with van der Waals surface area (Å²) in [7, 11) is 0. The van der Waals surface area contributed by atoms with Crippen molar-refractivity contribution < 1.29 is 24.5 Å². The highest BCUT2D eigenvalue weighted by molar-refractivity contribution is 8.13. The molecule has 0 radical (unpaired) electrons.